The minimum Gasteiger partial charge on any atom is -0.370 e. The Labute approximate surface area is 59.4 Å². The van der Waals surface area contributed by atoms with Gasteiger partial charge < -0.3 is 21.5 Å². The van der Waals surface area contributed by atoms with Crippen LogP contribution in [-0.4, -0.2) is 31.9 Å². The predicted octanol–water partition coefficient (Wildman–Crippen LogP) is -1.79. The normalized spacial score (nSPS) is 25.8. The topological polar surface area (TPSA) is 85.7 Å². The Balaban J connectivity index is 2.33. The van der Waals surface area contributed by atoms with Crippen LogP contribution in [0, 0.1) is 0 Å². The summed E-state index contributed by atoms with van der Waals surface area (Å²) in [7, 11) is 0. The van der Waals surface area contributed by atoms with Gasteiger partial charge in [0.2, 0.25) is 0 Å². The predicted molar refractivity (Wildman–Crippen MR) is 38.4 cm³/mol. The molecule has 0 radical (unpaired) electrons. The van der Waals surface area contributed by atoms with E-state index in [1.807, 2.05) is 0 Å². The molecular weight excluding hydrogens is 132 g/mol. The first-order valence-electron chi connectivity index (χ1n) is 3.20. The first-order valence-corrected chi connectivity index (χ1v) is 3.20. The second kappa shape index (κ2) is 3.38. The Morgan fingerprint density at radius 3 is 2.90 bits per heavy atom. The van der Waals surface area contributed by atoms with Crippen molar-refractivity contribution in [1.29, 1.82) is 0 Å². The summed E-state index contributed by atoms with van der Waals surface area (Å²) in [4.78, 5) is 3.82. The van der Waals surface area contributed by atoms with Crippen LogP contribution in [0.15, 0.2) is 4.99 Å². The average molecular weight is 144 g/mol. The number of ether oxygens (including phenoxy) is 1. The Morgan fingerprint density at radius 2 is 2.40 bits per heavy atom. The van der Waals surface area contributed by atoms with Crippen LogP contribution < -0.4 is 16.8 Å². The molecule has 1 heterocycles. The number of nitrogens with one attached hydrogen (secondary N) is 1. The van der Waals surface area contributed by atoms with Gasteiger partial charge in [0, 0.05) is 13.1 Å². The fourth-order valence-electron chi connectivity index (χ4n) is 0.801. The smallest absolute Gasteiger partial charge is 0.188 e. The Hall–Kier alpha value is -0.810. The monoisotopic (exact) mass is 144 g/mol. The number of aliphatic imine (C=N–C) groups is 1. The molecule has 0 aromatic heterocycles. The molecular formula is C5H12N4O. The highest BCUT2D eigenvalue weighted by Crippen LogP contribution is 1.95. The lowest BCUT2D eigenvalue weighted by atomic mass is 10.5. The molecule has 0 amide bonds. The van der Waals surface area contributed by atoms with E-state index in [0.29, 0.717) is 13.2 Å². The van der Waals surface area contributed by atoms with Crippen molar-refractivity contribution in [3.05, 3.63) is 0 Å². The lowest BCUT2D eigenvalue weighted by molar-refractivity contribution is 0.0347. The van der Waals surface area contributed by atoms with E-state index in [0.717, 1.165) is 6.54 Å². The SMILES string of the molecule is NC(N)=NC1CNCCO1. The first-order chi connectivity index (χ1) is 4.79. The minimum atomic E-state index is -0.196. The molecule has 10 heavy (non-hydrogen) atoms. The maximum Gasteiger partial charge on any atom is 0.188 e. The zero-order valence-corrected chi connectivity index (χ0v) is 5.71. The van der Waals surface area contributed by atoms with Crippen molar-refractivity contribution in [3.63, 3.8) is 0 Å². The van der Waals surface area contributed by atoms with Crippen molar-refractivity contribution in [3.8, 4) is 0 Å². The van der Waals surface area contributed by atoms with Crippen molar-refractivity contribution >= 4 is 5.96 Å². The van der Waals surface area contributed by atoms with Crippen LogP contribution in [0.25, 0.3) is 0 Å². The van der Waals surface area contributed by atoms with E-state index in [-0.39, 0.29) is 12.2 Å². The van der Waals surface area contributed by atoms with E-state index in [1.54, 1.807) is 0 Å². The van der Waals surface area contributed by atoms with Crippen LogP contribution in [0.2, 0.25) is 0 Å². The van der Waals surface area contributed by atoms with Crippen molar-refractivity contribution in [2.45, 2.75) is 6.23 Å². The van der Waals surface area contributed by atoms with Gasteiger partial charge in [-0.25, -0.2) is 4.99 Å². The van der Waals surface area contributed by atoms with Crippen LogP contribution >= 0.6 is 0 Å². The minimum absolute atomic E-state index is 0.0775. The van der Waals surface area contributed by atoms with Gasteiger partial charge in [-0.15, -0.1) is 0 Å². The van der Waals surface area contributed by atoms with Gasteiger partial charge in [0.1, 0.15) is 0 Å². The second-order valence-corrected chi connectivity index (χ2v) is 2.08. The summed E-state index contributed by atoms with van der Waals surface area (Å²) in [5, 5.41) is 3.10. The highest BCUT2D eigenvalue weighted by molar-refractivity contribution is 5.75. The van der Waals surface area contributed by atoms with Gasteiger partial charge in [-0.1, -0.05) is 0 Å². The fourth-order valence-corrected chi connectivity index (χ4v) is 0.801. The molecule has 1 atom stereocenters. The van der Waals surface area contributed by atoms with Gasteiger partial charge in [-0.2, -0.15) is 0 Å². The molecule has 0 aliphatic carbocycles. The van der Waals surface area contributed by atoms with Gasteiger partial charge in [-0.05, 0) is 0 Å². The van der Waals surface area contributed by atoms with E-state index in [1.165, 1.54) is 0 Å². The number of morpholine rings is 1. The van der Waals surface area contributed by atoms with Crippen LogP contribution in [0.3, 0.4) is 0 Å². The van der Waals surface area contributed by atoms with Crippen molar-refractivity contribution in [2.75, 3.05) is 19.7 Å². The molecule has 58 valence electrons. The van der Waals surface area contributed by atoms with Gasteiger partial charge >= 0.3 is 0 Å². The summed E-state index contributed by atoms with van der Waals surface area (Å²) < 4.78 is 5.18. The molecule has 0 aromatic rings. The summed E-state index contributed by atoms with van der Waals surface area (Å²) in [6, 6.07) is 0. The molecule has 0 aromatic carbocycles. The van der Waals surface area contributed by atoms with E-state index in [2.05, 4.69) is 10.3 Å². The summed E-state index contributed by atoms with van der Waals surface area (Å²) >= 11 is 0. The lowest BCUT2D eigenvalue weighted by Crippen LogP contribution is -2.39. The van der Waals surface area contributed by atoms with E-state index in [4.69, 9.17) is 16.2 Å². The van der Waals surface area contributed by atoms with E-state index >= 15 is 0 Å². The molecule has 0 saturated carbocycles. The summed E-state index contributed by atoms with van der Waals surface area (Å²) in [6.07, 6.45) is -0.196. The van der Waals surface area contributed by atoms with Crippen molar-refractivity contribution < 1.29 is 4.74 Å². The van der Waals surface area contributed by atoms with Gasteiger partial charge in [-0.3, -0.25) is 0 Å². The van der Waals surface area contributed by atoms with Crippen LogP contribution in [0.4, 0.5) is 0 Å². The van der Waals surface area contributed by atoms with Crippen molar-refractivity contribution in [2.24, 2.45) is 16.5 Å². The number of rotatable bonds is 1. The first kappa shape index (κ1) is 7.30. The molecule has 5 nitrogen and oxygen atoms in total. The number of guanidine groups is 1. The van der Waals surface area contributed by atoms with E-state index in [9.17, 15) is 0 Å². The zero-order chi connectivity index (χ0) is 7.40. The highest BCUT2D eigenvalue weighted by atomic mass is 16.5. The zero-order valence-electron chi connectivity index (χ0n) is 5.71. The third kappa shape index (κ3) is 2.20. The standard InChI is InChI=1S/C5H12N4O/c6-5(7)9-4-3-8-1-2-10-4/h4,8H,1-3H2,(H4,6,7,9). The average Bonchev–Trinajstić information content (AvgIpc) is 1.88. The molecule has 1 aliphatic heterocycles. The quantitative estimate of drug-likeness (QED) is 0.299. The molecule has 0 bridgehead atoms. The van der Waals surface area contributed by atoms with Crippen LogP contribution in [0.5, 0.6) is 0 Å². The second-order valence-electron chi connectivity index (χ2n) is 2.08. The maximum absolute atomic E-state index is 5.18. The van der Waals surface area contributed by atoms with Gasteiger partial charge in [0.15, 0.2) is 12.2 Å². The molecule has 1 saturated heterocycles. The third-order valence-electron chi connectivity index (χ3n) is 1.20. The molecule has 1 unspecified atom stereocenters. The molecule has 1 fully saturated rings. The van der Waals surface area contributed by atoms with Crippen LogP contribution in [-0.2, 0) is 4.74 Å². The van der Waals surface area contributed by atoms with Gasteiger partial charge in [0.25, 0.3) is 0 Å². The largest absolute Gasteiger partial charge is 0.370 e. The number of nitrogens with zero attached hydrogens (tertiary/aromatic N) is 1. The summed E-state index contributed by atoms with van der Waals surface area (Å²) in [6.45, 7) is 2.23. The van der Waals surface area contributed by atoms with Gasteiger partial charge in [0.05, 0.1) is 6.61 Å². The Morgan fingerprint density at radius 1 is 1.60 bits per heavy atom. The number of hydrogen-bond donors (Lipinski definition) is 3. The molecule has 5 N–H and O–H groups in total. The summed E-state index contributed by atoms with van der Waals surface area (Å²) in [5.74, 6) is 0.0775. The fraction of sp³-hybridized carbons (Fsp3) is 0.800. The van der Waals surface area contributed by atoms with Crippen molar-refractivity contribution in [1.82, 2.24) is 5.32 Å². The maximum atomic E-state index is 5.18. The molecule has 5 heteroatoms. The van der Waals surface area contributed by atoms with Crippen LogP contribution in [0.1, 0.15) is 0 Å². The number of nitrogens with two attached hydrogens (primary N) is 2. The lowest BCUT2D eigenvalue weighted by Gasteiger charge is -2.19. The summed E-state index contributed by atoms with van der Waals surface area (Å²) in [5.41, 5.74) is 10.3. The molecule has 1 rings (SSSR count). The Kier molecular flexibility index (Phi) is 2.47. The number of hydrogen-bond acceptors (Lipinski definition) is 3. The highest BCUT2D eigenvalue weighted by Gasteiger charge is 2.10. The molecule has 1 aliphatic rings. The Bertz CT molecular complexity index is 126. The molecule has 0 spiro atoms. The third-order valence-corrected chi connectivity index (χ3v) is 1.20. The van der Waals surface area contributed by atoms with E-state index < -0.39 is 0 Å².